The molecule has 2 heterocycles. The Hall–Kier alpha value is -5.58. The van der Waals surface area contributed by atoms with Gasteiger partial charge in [-0.1, -0.05) is 13.8 Å². The van der Waals surface area contributed by atoms with Crippen molar-refractivity contribution in [1.29, 1.82) is 0 Å². The van der Waals surface area contributed by atoms with Gasteiger partial charge in [0.2, 0.25) is 17.8 Å². The summed E-state index contributed by atoms with van der Waals surface area (Å²) in [5.74, 6) is -5.42. The number of rotatable bonds is 23. The van der Waals surface area contributed by atoms with Crippen LogP contribution < -0.4 is 26.4 Å². The summed E-state index contributed by atoms with van der Waals surface area (Å²) < 4.78 is 61.7. The number of esters is 1. The third-order valence-corrected chi connectivity index (χ3v) is 7.70. The molecule has 3 rings (SSSR count). The van der Waals surface area contributed by atoms with Gasteiger partial charge in [-0.25, -0.2) is 14.8 Å². The van der Waals surface area contributed by atoms with Crippen LogP contribution in [0.2, 0.25) is 0 Å². The van der Waals surface area contributed by atoms with Crippen LogP contribution in [0.5, 0.6) is 0 Å². The fourth-order valence-corrected chi connectivity index (χ4v) is 4.74. The van der Waals surface area contributed by atoms with E-state index < -0.39 is 59.8 Å². The Labute approximate surface area is 324 Å². The predicted octanol–water partition coefficient (Wildman–Crippen LogP) is 1.00. The number of aromatic nitrogens is 4. The summed E-state index contributed by atoms with van der Waals surface area (Å²) in [5, 5.41) is 16.2. The van der Waals surface area contributed by atoms with Gasteiger partial charge in [0.15, 0.2) is 11.2 Å². The third-order valence-electron chi connectivity index (χ3n) is 7.70. The monoisotopic (exact) mass is 810 g/mol. The normalized spacial score (nSPS) is 11.9. The number of hydrogen-bond acceptors (Lipinski definition) is 14. The molecule has 4 amide bonds. The van der Waals surface area contributed by atoms with Crippen molar-refractivity contribution in [3.63, 3.8) is 0 Å². The van der Waals surface area contributed by atoms with Gasteiger partial charge in [0.05, 0.1) is 65.2 Å². The Morgan fingerprint density at radius 1 is 0.947 bits per heavy atom. The highest BCUT2D eigenvalue weighted by molar-refractivity contribution is 5.99. The van der Waals surface area contributed by atoms with Gasteiger partial charge in [-0.3, -0.25) is 39.2 Å². The number of nitrogens with zero attached hydrogens (tertiary/aromatic N) is 4. The van der Waals surface area contributed by atoms with Crippen molar-refractivity contribution in [2.24, 2.45) is 5.92 Å². The number of nitrogens with one attached hydrogen (secondary N) is 4. The Kier molecular flexibility index (Phi) is 18.4. The van der Waals surface area contributed by atoms with E-state index in [1.54, 1.807) is 13.8 Å². The lowest BCUT2D eigenvalue weighted by Gasteiger charge is -2.24. The van der Waals surface area contributed by atoms with E-state index in [0.29, 0.717) is 44.4 Å². The van der Waals surface area contributed by atoms with E-state index in [9.17, 15) is 41.9 Å². The number of ether oxygens (including phenoxy) is 4. The van der Waals surface area contributed by atoms with Crippen LogP contribution in [-0.2, 0) is 44.7 Å². The second kappa shape index (κ2) is 22.8. The molecule has 22 heteroatoms. The number of methoxy groups -OCH3 is 1. The van der Waals surface area contributed by atoms with E-state index in [1.807, 2.05) is 0 Å². The van der Waals surface area contributed by atoms with Gasteiger partial charge >= 0.3 is 18.1 Å². The number of alkyl halides is 3. The highest BCUT2D eigenvalue weighted by Gasteiger charge is 2.43. The molecule has 0 aliphatic carbocycles. The molecule has 57 heavy (non-hydrogen) atoms. The minimum atomic E-state index is -5.33. The second-order valence-electron chi connectivity index (χ2n) is 12.4. The molecule has 19 nitrogen and oxygen atoms in total. The number of aliphatic hydroxyl groups excluding tert-OH is 1. The van der Waals surface area contributed by atoms with Gasteiger partial charge in [-0.05, 0) is 37.1 Å². The molecule has 0 aliphatic rings. The van der Waals surface area contributed by atoms with E-state index in [1.165, 1.54) is 0 Å². The summed E-state index contributed by atoms with van der Waals surface area (Å²) in [4.78, 5) is 89.7. The lowest BCUT2D eigenvalue weighted by molar-refractivity contribution is -0.170. The zero-order valence-corrected chi connectivity index (χ0v) is 31.5. The molecule has 5 N–H and O–H groups in total. The maximum absolute atomic E-state index is 13.7. The first-order valence-electron chi connectivity index (χ1n) is 17.7. The Bertz CT molecular complexity index is 1880. The lowest BCUT2D eigenvalue weighted by Crippen LogP contribution is -2.42. The highest BCUT2D eigenvalue weighted by Crippen LogP contribution is 2.26. The molecular weight excluding hydrogens is 765 g/mol. The molecule has 0 aliphatic heterocycles. The average molecular weight is 811 g/mol. The molecule has 3 aromatic rings. The quantitative estimate of drug-likeness (QED) is 0.0662. The van der Waals surface area contributed by atoms with Gasteiger partial charge in [-0.2, -0.15) is 18.2 Å². The minimum Gasteiger partial charge on any atom is -0.467 e. The zero-order valence-electron chi connectivity index (χ0n) is 31.5. The van der Waals surface area contributed by atoms with Crippen LogP contribution in [0.1, 0.15) is 49.2 Å². The van der Waals surface area contributed by atoms with Crippen molar-refractivity contribution in [2.75, 3.05) is 70.1 Å². The number of fused-ring (bicyclic) bond motifs is 1. The van der Waals surface area contributed by atoms with E-state index in [-0.39, 0.29) is 66.7 Å². The van der Waals surface area contributed by atoms with E-state index in [4.69, 9.17) is 24.1 Å². The molecule has 312 valence electrons. The molecule has 0 fully saturated rings. The van der Waals surface area contributed by atoms with Crippen molar-refractivity contribution in [3.05, 3.63) is 52.1 Å². The Morgan fingerprint density at radius 3 is 2.21 bits per heavy atom. The molecule has 0 saturated carbocycles. The number of carbonyl (C=O) groups is 5. The number of hydrogen-bond donors (Lipinski definition) is 5. The molecule has 2 aromatic heterocycles. The molecule has 0 unspecified atom stereocenters. The van der Waals surface area contributed by atoms with Crippen molar-refractivity contribution in [2.45, 2.75) is 51.9 Å². The maximum atomic E-state index is 13.7. The summed E-state index contributed by atoms with van der Waals surface area (Å²) in [5.41, 5.74) is -2.03. The summed E-state index contributed by atoms with van der Waals surface area (Å²) in [7, 11) is 1.09. The van der Waals surface area contributed by atoms with E-state index >= 15 is 0 Å². The Balaban J connectivity index is 1.59. The van der Waals surface area contributed by atoms with Crippen molar-refractivity contribution >= 4 is 52.4 Å². The second-order valence-corrected chi connectivity index (χ2v) is 12.4. The maximum Gasteiger partial charge on any atom is 0.471 e. The van der Waals surface area contributed by atoms with Gasteiger partial charge < -0.3 is 34.7 Å². The first kappa shape index (κ1) is 45.8. The number of halogens is 3. The molecule has 0 spiro atoms. The van der Waals surface area contributed by atoms with Crippen LogP contribution in [-0.4, -0.2) is 127 Å². The first-order valence-corrected chi connectivity index (χ1v) is 17.7. The number of aliphatic hydroxyl groups is 1. The van der Waals surface area contributed by atoms with Crippen molar-refractivity contribution in [1.82, 2.24) is 30.6 Å². The summed E-state index contributed by atoms with van der Waals surface area (Å²) >= 11 is 0. The predicted molar refractivity (Wildman–Crippen MR) is 195 cm³/mol. The van der Waals surface area contributed by atoms with Gasteiger partial charge in [-0.15, -0.1) is 0 Å². The van der Waals surface area contributed by atoms with Crippen LogP contribution in [0.25, 0.3) is 11.2 Å². The highest BCUT2D eigenvalue weighted by atomic mass is 19.4. The summed E-state index contributed by atoms with van der Waals surface area (Å²) in [6.45, 7) is 4.68. The number of aromatic amines is 1. The van der Waals surface area contributed by atoms with Crippen LogP contribution in [0.3, 0.4) is 0 Å². The number of anilines is 2. The van der Waals surface area contributed by atoms with Crippen LogP contribution >= 0.6 is 0 Å². The van der Waals surface area contributed by atoms with Gasteiger partial charge in [0, 0.05) is 36.7 Å². The molecule has 0 radical (unpaired) electrons. The Morgan fingerprint density at radius 2 is 1.60 bits per heavy atom. The molecule has 0 saturated heterocycles. The van der Waals surface area contributed by atoms with Crippen molar-refractivity contribution in [3.8, 4) is 0 Å². The number of carbonyl (C=O) groups excluding carboxylic acids is 5. The van der Waals surface area contributed by atoms with Crippen LogP contribution in [0.15, 0.2) is 35.3 Å². The fourth-order valence-electron chi connectivity index (χ4n) is 4.74. The van der Waals surface area contributed by atoms with Gasteiger partial charge in [0.25, 0.3) is 11.5 Å². The SMILES string of the molecule is COC(=O)[C@H](CCC(=O)NCCCOCCOCCOCCO)NC(=O)c1ccc(N(Cc2cnc3nc(NC(=O)C(C)C)[nH]c(=O)c3n2)C(=O)C(F)(F)F)cc1. The smallest absolute Gasteiger partial charge is 0.467 e. The zero-order chi connectivity index (χ0) is 42.0. The third kappa shape index (κ3) is 15.1. The molecule has 1 atom stereocenters. The number of H-pyrrole nitrogens is 1. The molecular formula is C35H45F3N8O11. The first-order chi connectivity index (χ1) is 27.1. The summed E-state index contributed by atoms with van der Waals surface area (Å²) in [6, 6.07) is 3.13. The standard InChI is InChI=1S/C35H45F3N8O11/c1-21(2)29(49)44-34-43-28-27(31(51)45-34)41-23(19-40-28)20-46(33(53)35(36,37)38)24-7-5-22(6-8-24)30(50)42-25(32(52)54-3)9-10-26(48)39-11-4-13-55-15-17-57-18-16-56-14-12-47/h5-8,19,21,25,47H,4,9-18,20H2,1-3H3,(H,39,48)(H,42,50)(H2,40,43,44,45,49,51)/t25-/m0/s1. The van der Waals surface area contributed by atoms with Crippen LogP contribution in [0, 0.1) is 5.92 Å². The van der Waals surface area contributed by atoms with E-state index in [0.717, 1.165) is 37.6 Å². The van der Waals surface area contributed by atoms with E-state index in [2.05, 4.69) is 35.9 Å². The lowest BCUT2D eigenvalue weighted by atomic mass is 10.1. The minimum absolute atomic E-state index is 0.0598. The van der Waals surface area contributed by atoms with Crippen LogP contribution in [0.4, 0.5) is 24.8 Å². The molecule has 1 aromatic carbocycles. The number of benzene rings is 1. The topological polar surface area (TPSA) is 253 Å². The number of amides is 4. The van der Waals surface area contributed by atoms with Gasteiger partial charge in [0.1, 0.15) is 6.04 Å². The van der Waals surface area contributed by atoms with Crippen molar-refractivity contribution < 1.29 is 61.2 Å². The molecule has 0 bridgehead atoms. The summed E-state index contributed by atoms with van der Waals surface area (Å²) in [6.07, 6.45) is -4.10. The average Bonchev–Trinajstić information content (AvgIpc) is 3.18. The largest absolute Gasteiger partial charge is 0.471 e. The fraction of sp³-hybridized carbons (Fsp3) is 0.514.